The summed E-state index contributed by atoms with van der Waals surface area (Å²) in [5, 5.41) is 0. The first-order chi connectivity index (χ1) is 10.0. The molecule has 0 nitrogen and oxygen atoms in total. The van der Waals surface area contributed by atoms with Gasteiger partial charge in [-0.1, -0.05) is 36.4 Å². The van der Waals surface area contributed by atoms with E-state index in [1.54, 1.807) is 12.1 Å². The van der Waals surface area contributed by atoms with Crippen molar-refractivity contribution < 1.29 is 4.39 Å². The number of halogens is 3. The summed E-state index contributed by atoms with van der Waals surface area (Å²) >= 11 is 12.5. The molecule has 2 rings (SSSR count). The first-order valence-corrected chi connectivity index (χ1v) is 8.03. The van der Waals surface area contributed by atoms with Crippen LogP contribution in [0.25, 0.3) is 0 Å². The van der Waals surface area contributed by atoms with E-state index < -0.39 is 5.41 Å². The minimum Gasteiger partial charge on any atom is -0.207 e. The normalized spacial score (nSPS) is 11.7. The van der Waals surface area contributed by atoms with Crippen LogP contribution in [0.5, 0.6) is 0 Å². The first kappa shape index (κ1) is 16.3. The van der Waals surface area contributed by atoms with Gasteiger partial charge in [0.15, 0.2) is 0 Å². The van der Waals surface area contributed by atoms with Crippen LogP contribution < -0.4 is 0 Å². The van der Waals surface area contributed by atoms with E-state index in [0.29, 0.717) is 12.0 Å². The molecular weight excluding hydrogens is 306 g/mol. The van der Waals surface area contributed by atoms with Crippen LogP contribution in [-0.4, -0.2) is 11.8 Å². The molecule has 0 aliphatic rings. The summed E-state index contributed by atoms with van der Waals surface area (Å²) in [6, 6.07) is 12.9. The van der Waals surface area contributed by atoms with Crippen LogP contribution in [0.15, 0.2) is 42.5 Å². The number of aryl methyl sites for hydroxylation is 2. The Labute approximate surface area is 135 Å². The van der Waals surface area contributed by atoms with Gasteiger partial charge in [-0.15, -0.1) is 23.2 Å². The molecule has 3 heteroatoms. The molecule has 0 heterocycles. The maximum Gasteiger partial charge on any atom is 0.127 e. The summed E-state index contributed by atoms with van der Waals surface area (Å²) in [4.78, 5) is 0. The lowest BCUT2D eigenvalue weighted by atomic mass is 9.76. The van der Waals surface area contributed by atoms with Gasteiger partial charge in [0.25, 0.3) is 0 Å². The van der Waals surface area contributed by atoms with E-state index in [0.717, 1.165) is 0 Å². The Morgan fingerprint density at radius 2 is 1.48 bits per heavy atom. The third-order valence-electron chi connectivity index (χ3n) is 4.12. The highest BCUT2D eigenvalue weighted by molar-refractivity contribution is 6.22. The zero-order valence-corrected chi connectivity index (χ0v) is 13.8. The van der Waals surface area contributed by atoms with Crippen LogP contribution >= 0.6 is 23.2 Å². The number of benzene rings is 2. The Kier molecular flexibility index (Phi) is 5.29. The molecule has 0 aliphatic carbocycles. The van der Waals surface area contributed by atoms with E-state index in [1.165, 1.54) is 22.8 Å². The predicted molar refractivity (Wildman–Crippen MR) is 89.1 cm³/mol. The fourth-order valence-electron chi connectivity index (χ4n) is 2.73. The molecule has 0 radical (unpaired) electrons. The Bertz CT molecular complexity index is 598. The molecule has 0 unspecified atom stereocenters. The van der Waals surface area contributed by atoms with E-state index >= 15 is 0 Å². The van der Waals surface area contributed by atoms with Crippen molar-refractivity contribution in [2.24, 2.45) is 0 Å². The zero-order valence-electron chi connectivity index (χ0n) is 12.3. The smallest absolute Gasteiger partial charge is 0.127 e. The van der Waals surface area contributed by atoms with Crippen molar-refractivity contribution in [3.63, 3.8) is 0 Å². The van der Waals surface area contributed by atoms with Crippen molar-refractivity contribution in [1.29, 1.82) is 0 Å². The molecule has 0 fully saturated rings. The number of alkyl halides is 2. The van der Waals surface area contributed by atoms with Gasteiger partial charge in [0.1, 0.15) is 5.82 Å². The van der Waals surface area contributed by atoms with Gasteiger partial charge in [-0.3, -0.25) is 0 Å². The molecule has 0 atom stereocenters. The SMILES string of the molecule is Cc1cccc(C)c1CC(CCl)(CCl)c1ccccc1F. The molecular formula is C18H19Cl2F. The van der Waals surface area contributed by atoms with Gasteiger partial charge >= 0.3 is 0 Å². The Morgan fingerprint density at radius 3 is 2.00 bits per heavy atom. The van der Waals surface area contributed by atoms with Crippen molar-refractivity contribution in [2.45, 2.75) is 25.7 Å². The second-order valence-corrected chi connectivity index (χ2v) is 6.11. The summed E-state index contributed by atoms with van der Waals surface area (Å²) in [7, 11) is 0. The highest BCUT2D eigenvalue weighted by atomic mass is 35.5. The second kappa shape index (κ2) is 6.81. The van der Waals surface area contributed by atoms with Gasteiger partial charge in [0.2, 0.25) is 0 Å². The molecule has 0 bridgehead atoms. The van der Waals surface area contributed by atoms with Crippen LogP contribution in [0.2, 0.25) is 0 Å². The van der Waals surface area contributed by atoms with Crippen molar-refractivity contribution >= 4 is 23.2 Å². The molecule has 2 aromatic rings. The van der Waals surface area contributed by atoms with Gasteiger partial charge < -0.3 is 0 Å². The number of hydrogen-bond acceptors (Lipinski definition) is 0. The topological polar surface area (TPSA) is 0 Å². The summed E-state index contributed by atoms with van der Waals surface area (Å²) in [5.74, 6) is 0.321. The Hall–Kier alpha value is -1.05. The monoisotopic (exact) mass is 324 g/mol. The molecule has 0 aliphatic heterocycles. The lowest BCUT2D eigenvalue weighted by Gasteiger charge is -2.32. The minimum absolute atomic E-state index is 0.245. The fraction of sp³-hybridized carbons (Fsp3) is 0.333. The highest BCUT2D eigenvalue weighted by Crippen LogP contribution is 2.35. The summed E-state index contributed by atoms with van der Waals surface area (Å²) in [6.07, 6.45) is 0.638. The van der Waals surface area contributed by atoms with Crippen molar-refractivity contribution in [3.8, 4) is 0 Å². The minimum atomic E-state index is -0.592. The molecule has 0 amide bonds. The first-order valence-electron chi connectivity index (χ1n) is 6.96. The van der Waals surface area contributed by atoms with Crippen molar-refractivity contribution in [2.75, 3.05) is 11.8 Å². The summed E-state index contributed by atoms with van der Waals surface area (Å²) < 4.78 is 14.2. The third kappa shape index (κ3) is 3.25. The lowest BCUT2D eigenvalue weighted by Crippen LogP contribution is -2.35. The van der Waals surface area contributed by atoms with Crippen molar-refractivity contribution in [3.05, 3.63) is 70.5 Å². The average molecular weight is 325 g/mol. The molecule has 112 valence electrons. The molecule has 0 spiro atoms. The van der Waals surface area contributed by atoms with Crippen LogP contribution in [0.3, 0.4) is 0 Å². The molecule has 0 saturated heterocycles. The van der Waals surface area contributed by atoms with Crippen molar-refractivity contribution in [1.82, 2.24) is 0 Å². The van der Waals surface area contributed by atoms with Crippen LogP contribution in [0, 0.1) is 19.7 Å². The van der Waals surface area contributed by atoms with E-state index in [4.69, 9.17) is 23.2 Å². The van der Waals surface area contributed by atoms with E-state index in [2.05, 4.69) is 26.0 Å². The van der Waals surface area contributed by atoms with Gasteiger partial charge in [0, 0.05) is 17.2 Å². The summed E-state index contributed by atoms with van der Waals surface area (Å²) in [6.45, 7) is 4.13. The van der Waals surface area contributed by atoms with Gasteiger partial charge in [-0.05, 0) is 48.6 Å². The quantitative estimate of drug-likeness (QED) is 0.646. The van der Waals surface area contributed by atoms with Gasteiger partial charge in [0.05, 0.1) is 0 Å². The van der Waals surface area contributed by atoms with E-state index in [-0.39, 0.29) is 17.6 Å². The van der Waals surface area contributed by atoms with Crippen LogP contribution in [-0.2, 0) is 11.8 Å². The van der Waals surface area contributed by atoms with Crippen LogP contribution in [0.4, 0.5) is 4.39 Å². The lowest BCUT2D eigenvalue weighted by molar-refractivity contribution is 0.489. The summed E-state index contributed by atoms with van der Waals surface area (Å²) in [5.41, 5.74) is 3.57. The number of hydrogen-bond donors (Lipinski definition) is 0. The standard InChI is InChI=1S/C18H19Cl2F/c1-13-6-5-7-14(2)15(13)10-18(11-19,12-20)16-8-3-4-9-17(16)21/h3-9H,10-12H2,1-2H3. The van der Waals surface area contributed by atoms with Gasteiger partial charge in [-0.2, -0.15) is 0 Å². The molecule has 0 aromatic heterocycles. The predicted octanol–water partition coefficient (Wildman–Crippen LogP) is 5.40. The average Bonchev–Trinajstić information content (AvgIpc) is 2.49. The molecule has 0 saturated carbocycles. The fourth-order valence-corrected chi connectivity index (χ4v) is 3.49. The van der Waals surface area contributed by atoms with Gasteiger partial charge in [-0.25, -0.2) is 4.39 Å². The zero-order chi connectivity index (χ0) is 15.5. The highest BCUT2D eigenvalue weighted by Gasteiger charge is 2.34. The number of rotatable bonds is 5. The largest absolute Gasteiger partial charge is 0.207 e. The Morgan fingerprint density at radius 1 is 0.905 bits per heavy atom. The third-order valence-corrected chi connectivity index (χ3v) is 5.14. The maximum absolute atomic E-state index is 14.2. The molecule has 2 aromatic carbocycles. The van der Waals surface area contributed by atoms with Crippen LogP contribution in [0.1, 0.15) is 22.3 Å². The molecule has 0 N–H and O–H groups in total. The second-order valence-electron chi connectivity index (χ2n) is 5.57. The molecule has 21 heavy (non-hydrogen) atoms. The Balaban J connectivity index is 2.51. The van der Waals surface area contributed by atoms with E-state index in [9.17, 15) is 4.39 Å². The maximum atomic E-state index is 14.2. The van der Waals surface area contributed by atoms with E-state index in [1.807, 2.05) is 12.1 Å².